The van der Waals surface area contributed by atoms with Gasteiger partial charge in [0.15, 0.2) is 0 Å². The third-order valence-electron chi connectivity index (χ3n) is 10.4. The molecule has 9 nitrogen and oxygen atoms in total. The molecule has 6 N–H and O–H groups in total. The first-order valence-electron chi connectivity index (χ1n) is 13.7. The fourth-order valence-electron chi connectivity index (χ4n) is 9.31. The van der Waals surface area contributed by atoms with Gasteiger partial charge in [0.1, 0.15) is 17.8 Å². The predicted octanol–water partition coefficient (Wildman–Crippen LogP) is 0.498. The molecule has 2 unspecified atom stereocenters. The van der Waals surface area contributed by atoms with E-state index in [2.05, 4.69) is 10.6 Å². The number of piperidine rings is 1. The number of nitrogens with two attached hydrogens (primary N) is 2. The molecule has 2 saturated heterocycles. The summed E-state index contributed by atoms with van der Waals surface area (Å²) in [7, 11) is 0. The van der Waals surface area contributed by atoms with Crippen LogP contribution in [-0.2, 0) is 19.2 Å². The summed E-state index contributed by atoms with van der Waals surface area (Å²) in [5.74, 6) is -1.30. The lowest BCUT2D eigenvalue weighted by molar-refractivity contribution is -0.160. The molecule has 6 bridgehead atoms. The van der Waals surface area contributed by atoms with E-state index in [0.29, 0.717) is 32.2 Å². The molecule has 0 radical (unpaired) electrons. The second kappa shape index (κ2) is 8.39. The van der Waals surface area contributed by atoms with Gasteiger partial charge in [0.2, 0.25) is 23.6 Å². The van der Waals surface area contributed by atoms with Gasteiger partial charge in [0, 0.05) is 18.5 Å². The van der Waals surface area contributed by atoms with Gasteiger partial charge < -0.3 is 27.0 Å². The van der Waals surface area contributed by atoms with Gasteiger partial charge in [-0.2, -0.15) is 0 Å². The number of hydrogen-bond acceptors (Lipinski definition) is 5. The Kier molecular flexibility index (Phi) is 5.63. The lowest BCUT2D eigenvalue weighted by Gasteiger charge is -2.61. The number of carbonyl (C=O) groups is 4. The maximum Gasteiger partial charge on any atom is 0.243 e. The van der Waals surface area contributed by atoms with E-state index < -0.39 is 41.0 Å². The van der Waals surface area contributed by atoms with Crippen LogP contribution < -0.4 is 22.1 Å². The van der Waals surface area contributed by atoms with E-state index in [-0.39, 0.29) is 47.9 Å². The molecular formula is C26H38FN5O4. The Morgan fingerprint density at radius 1 is 1.11 bits per heavy atom. The molecule has 10 heteroatoms. The third kappa shape index (κ3) is 3.82. The standard InChI is InChI=1S/C26H38FN5O4/c27-26-10-13-5-14(11-26)9-25(8-13,12-26)20(28)24(36)32-17-2-1-15(6-17)19(32)23(35)31-18(21(29)33)7-16-3-4-30-22(16)34/h13-20H,1-12,28H2,(H2,29,33)(H,30,34)(H,31,35)/t13?,14?,15-,16-,17+,18-,19-,20+,25?,26?/m0/s1. The molecule has 8 atom stereocenters. The summed E-state index contributed by atoms with van der Waals surface area (Å²) in [6.07, 6.45) is 7.22. The third-order valence-corrected chi connectivity index (χ3v) is 10.4. The van der Waals surface area contributed by atoms with Gasteiger partial charge >= 0.3 is 0 Å². The van der Waals surface area contributed by atoms with E-state index in [9.17, 15) is 19.2 Å². The number of carbonyl (C=O) groups excluding carboxylic acids is 4. The van der Waals surface area contributed by atoms with Crippen molar-refractivity contribution in [2.45, 2.75) is 100 Å². The molecule has 2 aliphatic heterocycles. The van der Waals surface area contributed by atoms with Gasteiger partial charge in [0.25, 0.3) is 0 Å². The van der Waals surface area contributed by atoms with E-state index in [1.54, 1.807) is 4.90 Å². The summed E-state index contributed by atoms with van der Waals surface area (Å²) in [4.78, 5) is 53.3. The van der Waals surface area contributed by atoms with Crippen LogP contribution in [0, 0.1) is 29.1 Å². The van der Waals surface area contributed by atoms with Crippen LogP contribution in [0.25, 0.3) is 0 Å². The molecule has 5 saturated carbocycles. The van der Waals surface area contributed by atoms with Crippen LogP contribution in [0.1, 0.15) is 70.6 Å². The van der Waals surface area contributed by atoms with Crippen molar-refractivity contribution >= 4 is 23.6 Å². The highest BCUT2D eigenvalue weighted by Crippen LogP contribution is 2.64. The molecule has 2 heterocycles. The normalized spacial score (nSPS) is 43.9. The molecular weight excluding hydrogens is 465 g/mol. The Bertz CT molecular complexity index is 975. The smallest absolute Gasteiger partial charge is 0.243 e. The zero-order valence-electron chi connectivity index (χ0n) is 20.7. The number of fused-ring (bicyclic) bond motifs is 2. The fourth-order valence-corrected chi connectivity index (χ4v) is 9.31. The Morgan fingerprint density at radius 3 is 2.44 bits per heavy atom. The molecule has 7 aliphatic rings. The maximum atomic E-state index is 15.6. The summed E-state index contributed by atoms with van der Waals surface area (Å²) in [6.45, 7) is 0.541. The van der Waals surface area contributed by atoms with E-state index >= 15 is 4.39 Å². The molecule has 0 aromatic heterocycles. The summed E-state index contributed by atoms with van der Waals surface area (Å²) in [6, 6.07) is -2.59. The van der Waals surface area contributed by atoms with Gasteiger partial charge in [-0.1, -0.05) is 0 Å². The Morgan fingerprint density at radius 2 is 1.83 bits per heavy atom. The summed E-state index contributed by atoms with van der Waals surface area (Å²) in [5.41, 5.74) is 10.5. The van der Waals surface area contributed by atoms with E-state index in [0.717, 1.165) is 38.5 Å². The summed E-state index contributed by atoms with van der Waals surface area (Å²) >= 11 is 0. The quantitative estimate of drug-likeness (QED) is 0.399. The van der Waals surface area contributed by atoms with Crippen molar-refractivity contribution in [2.75, 3.05) is 6.54 Å². The summed E-state index contributed by atoms with van der Waals surface area (Å²) < 4.78 is 15.6. The molecule has 0 spiro atoms. The van der Waals surface area contributed by atoms with Gasteiger partial charge in [0.05, 0.1) is 6.04 Å². The lowest BCUT2D eigenvalue weighted by Crippen LogP contribution is -2.66. The van der Waals surface area contributed by atoms with Gasteiger partial charge in [-0.3, -0.25) is 19.2 Å². The number of halogens is 1. The number of alkyl halides is 1. The number of hydrogen-bond donors (Lipinski definition) is 4. The van der Waals surface area contributed by atoms with Crippen molar-refractivity contribution in [2.24, 2.45) is 40.6 Å². The Labute approximate surface area is 210 Å². The summed E-state index contributed by atoms with van der Waals surface area (Å²) in [5, 5.41) is 5.51. The Balaban J connectivity index is 1.20. The first-order valence-corrected chi connectivity index (χ1v) is 13.7. The zero-order chi connectivity index (χ0) is 25.4. The number of likely N-dealkylation sites (tertiary alicyclic amines) is 1. The van der Waals surface area contributed by atoms with Crippen molar-refractivity contribution in [1.29, 1.82) is 0 Å². The highest BCUT2D eigenvalue weighted by Gasteiger charge is 2.63. The SMILES string of the molecule is NC(=O)[C@H](C[C@@H]1CCNC1=O)NC(=O)[C@@H]1[C@H]2CC[C@H](C2)N1C(=O)[C@@H](N)C12CC3CC(CC(F)(C3)C1)C2. The minimum Gasteiger partial charge on any atom is -0.368 e. The average Bonchev–Trinajstić information content (AvgIpc) is 3.52. The Hall–Kier alpha value is -2.23. The van der Waals surface area contributed by atoms with Crippen LogP contribution in [0.4, 0.5) is 4.39 Å². The topological polar surface area (TPSA) is 148 Å². The molecule has 7 fully saturated rings. The maximum absolute atomic E-state index is 15.6. The molecule has 4 amide bonds. The first-order chi connectivity index (χ1) is 17.1. The fraction of sp³-hybridized carbons (Fsp3) is 0.846. The van der Waals surface area contributed by atoms with Crippen LogP contribution in [0.2, 0.25) is 0 Å². The zero-order valence-corrected chi connectivity index (χ0v) is 20.7. The predicted molar refractivity (Wildman–Crippen MR) is 128 cm³/mol. The van der Waals surface area contributed by atoms with Gasteiger partial charge in [-0.25, -0.2) is 4.39 Å². The molecule has 0 aromatic rings. The van der Waals surface area contributed by atoms with Crippen molar-refractivity contribution in [3.8, 4) is 0 Å². The van der Waals surface area contributed by atoms with Crippen LogP contribution in [-0.4, -0.2) is 64.9 Å². The van der Waals surface area contributed by atoms with Crippen LogP contribution >= 0.6 is 0 Å². The van der Waals surface area contributed by atoms with Crippen molar-refractivity contribution in [3.05, 3.63) is 0 Å². The average molecular weight is 504 g/mol. The number of rotatable bonds is 7. The van der Waals surface area contributed by atoms with Crippen LogP contribution in [0.15, 0.2) is 0 Å². The highest BCUT2D eigenvalue weighted by atomic mass is 19.1. The van der Waals surface area contributed by atoms with Crippen molar-refractivity contribution < 1.29 is 23.6 Å². The number of amides is 4. The largest absolute Gasteiger partial charge is 0.368 e. The molecule has 7 rings (SSSR count). The van der Waals surface area contributed by atoms with E-state index in [4.69, 9.17) is 11.5 Å². The first kappa shape index (κ1) is 24.1. The molecule has 5 aliphatic carbocycles. The van der Waals surface area contributed by atoms with Crippen molar-refractivity contribution in [1.82, 2.24) is 15.5 Å². The number of nitrogens with one attached hydrogen (secondary N) is 2. The number of nitrogens with zero attached hydrogens (tertiary/aromatic N) is 1. The second-order valence-electron chi connectivity index (χ2n) is 12.8. The van der Waals surface area contributed by atoms with Crippen LogP contribution in [0.3, 0.4) is 0 Å². The lowest BCUT2D eigenvalue weighted by atomic mass is 9.46. The van der Waals surface area contributed by atoms with Crippen LogP contribution in [0.5, 0.6) is 0 Å². The minimum absolute atomic E-state index is 0.00154. The molecule has 198 valence electrons. The highest BCUT2D eigenvalue weighted by molar-refractivity contribution is 5.94. The monoisotopic (exact) mass is 503 g/mol. The molecule has 0 aromatic carbocycles. The second-order valence-corrected chi connectivity index (χ2v) is 12.8. The van der Waals surface area contributed by atoms with Crippen molar-refractivity contribution in [3.63, 3.8) is 0 Å². The minimum atomic E-state index is -1.22. The molecule has 36 heavy (non-hydrogen) atoms. The van der Waals surface area contributed by atoms with E-state index in [1.165, 1.54) is 0 Å². The van der Waals surface area contributed by atoms with Gasteiger partial charge in [-0.15, -0.1) is 0 Å². The van der Waals surface area contributed by atoms with E-state index in [1.807, 2.05) is 0 Å². The number of primary amides is 1. The van der Waals surface area contributed by atoms with Gasteiger partial charge in [-0.05, 0) is 93.8 Å².